The van der Waals surface area contributed by atoms with Gasteiger partial charge < -0.3 is 4.74 Å². The molecule has 0 aromatic rings. The molecule has 1 fully saturated rings. The summed E-state index contributed by atoms with van der Waals surface area (Å²) in [6.07, 6.45) is 4.01. The molecule has 96 valence electrons. The molecule has 2 nitrogen and oxygen atoms in total. The van der Waals surface area contributed by atoms with Gasteiger partial charge in [0.25, 0.3) is 0 Å². The van der Waals surface area contributed by atoms with Crippen LogP contribution in [0.4, 0.5) is 0 Å². The molecule has 1 aliphatic rings. The highest BCUT2D eigenvalue weighted by Gasteiger charge is 2.26. The van der Waals surface area contributed by atoms with E-state index in [1.807, 2.05) is 6.92 Å². The third-order valence-electron chi connectivity index (χ3n) is 3.00. The first kappa shape index (κ1) is 14.3. The molecule has 0 saturated heterocycles. The molecule has 0 spiro atoms. The van der Waals surface area contributed by atoms with E-state index in [-0.39, 0.29) is 11.9 Å². The lowest BCUT2D eigenvalue weighted by Crippen LogP contribution is -2.24. The van der Waals surface area contributed by atoms with Crippen molar-refractivity contribution in [1.82, 2.24) is 0 Å². The van der Waals surface area contributed by atoms with E-state index in [1.165, 1.54) is 0 Å². The molecule has 0 amide bonds. The van der Waals surface area contributed by atoms with Crippen molar-refractivity contribution in [3.05, 3.63) is 0 Å². The van der Waals surface area contributed by atoms with Crippen LogP contribution in [0.2, 0.25) is 19.6 Å². The number of ether oxygens (including phenoxy) is 1. The molecule has 0 aromatic carbocycles. The van der Waals surface area contributed by atoms with Crippen molar-refractivity contribution in [3.8, 4) is 11.5 Å². The minimum Gasteiger partial charge on any atom is -0.466 e. The van der Waals surface area contributed by atoms with Crippen molar-refractivity contribution >= 4 is 14.0 Å². The molecule has 0 aromatic heterocycles. The van der Waals surface area contributed by atoms with Crippen LogP contribution in [0, 0.1) is 23.3 Å². The summed E-state index contributed by atoms with van der Waals surface area (Å²) < 4.78 is 5.06. The van der Waals surface area contributed by atoms with E-state index in [4.69, 9.17) is 4.74 Å². The number of carbonyl (C=O) groups is 1. The van der Waals surface area contributed by atoms with Crippen molar-refractivity contribution in [2.75, 3.05) is 6.61 Å². The summed E-state index contributed by atoms with van der Waals surface area (Å²) in [4.78, 5) is 11.6. The van der Waals surface area contributed by atoms with Crippen molar-refractivity contribution < 1.29 is 9.53 Å². The van der Waals surface area contributed by atoms with Crippen LogP contribution < -0.4 is 0 Å². The first-order valence-corrected chi connectivity index (χ1v) is 10.1. The van der Waals surface area contributed by atoms with Crippen LogP contribution in [0.25, 0.3) is 0 Å². The van der Waals surface area contributed by atoms with Gasteiger partial charge in [0.1, 0.15) is 8.07 Å². The maximum atomic E-state index is 11.6. The van der Waals surface area contributed by atoms with Crippen molar-refractivity contribution in [2.24, 2.45) is 11.8 Å². The minimum atomic E-state index is -1.25. The Bertz CT molecular complexity index is 311. The van der Waals surface area contributed by atoms with Crippen LogP contribution in [0.5, 0.6) is 0 Å². The highest BCUT2D eigenvalue weighted by molar-refractivity contribution is 6.83. The van der Waals surface area contributed by atoms with Crippen LogP contribution in [0.1, 0.15) is 32.6 Å². The van der Waals surface area contributed by atoms with Gasteiger partial charge in [-0.3, -0.25) is 4.79 Å². The summed E-state index contributed by atoms with van der Waals surface area (Å²) in [6, 6.07) is 0. The number of hydrogen-bond donors (Lipinski definition) is 0. The predicted octanol–water partition coefficient (Wildman–Crippen LogP) is 3.24. The van der Waals surface area contributed by atoms with Crippen LogP contribution in [-0.2, 0) is 9.53 Å². The van der Waals surface area contributed by atoms with Crippen molar-refractivity contribution in [1.29, 1.82) is 0 Å². The summed E-state index contributed by atoms with van der Waals surface area (Å²) >= 11 is 0. The quantitative estimate of drug-likeness (QED) is 0.428. The van der Waals surface area contributed by atoms with Crippen LogP contribution in [-0.4, -0.2) is 20.7 Å². The average Bonchev–Trinajstić information content (AvgIpc) is 2.26. The van der Waals surface area contributed by atoms with Crippen LogP contribution in [0.3, 0.4) is 0 Å². The highest BCUT2D eigenvalue weighted by atomic mass is 28.3. The fraction of sp³-hybridized carbons (Fsp3) is 0.786. The Balaban J connectivity index is 2.40. The van der Waals surface area contributed by atoms with Gasteiger partial charge in [-0.2, -0.15) is 0 Å². The Morgan fingerprint density at radius 3 is 2.29 bits per heavy atom. The summed E-state index contributed by atoms with van der Waals surface area (Å²) in [5.41, 5.74) is 3.43. The molecular formula is C14H24O2Si. The maximum absolute atomic E-state index is 11.6. The molecule has 0 unspecified atom stereocenters. The number of esters is 1. The molecule has 0 bridgehead atoms. The van der Waals surface area contributed by atoms with Gasteiger partial charge in [0, 0.05) is 5.92 Å². The van der Waals surface area contributed by atoms with Crippen LogP contribution >= 0.6 is 0 Å². The zero-order chi connectivity index (χ0) is 12.9. The smallest absolute Gasteiger partial charge is 0.308 e. The Morgan fingerprint density at radius 1 is 1.24 bits per heavy atom. The van der Waals surface area contributed by atoms with Gasteiger partial charge in [-0.05, 0) is 32.6 Å². The van der Waals surface area contributed by atoms with Gasteiger partial charge >= 0.3 is 5.97 Å². The van der Waals surface area contributed by atoms with Gasteiger partial charge in [0.2, 0.25) is 0 Å². The first-order valence-electron chi connectivity index (χ1n) is 6.61. The van der Waals surface area contributed by atoms with Crippen LogP contribution in [0.15, 0.2) is 0 Å². The largest absolute Gasteiger partial charge is 0.466 e. The molecule has 0 aliphatic heterocycles. The maximum Gasteiger partial charge on any atom is 0.308 e. The van der Waals surface area contributed by atoms with Crippen molar-refractivity contribution in [3.63, 3.8) is 0 Å². The van der Waals surface area contributed by atoms with Gasteiger partial charge in [-0.1, -0.05) is 19.6 Å². The topological polar surface area (TPSA) is 26.3 Å². The molecule has 0 N–H and O–H groups in total. The minimum absolute atomic E-state index is 0.0101. The van der Waals surface area contributed by atoms with Crippen molar-refractivity contribution in [2.45, 2.75) is 52.2 Å². The Labute approximate surface area is 106 Å². The Kier molecular flexibility index (Phi) is 5.26. The molecule has 0 radical (unpaired) electrons. The molecule has 0 atom stereocenters. The SMILES string of the molecule is CCOC(=O)C1CCC(C#C[Si](C)(C)C)CC1. The zero-order valence-electron chi connectivity index (χ0n) is 11.5. The van der Waals surface area contributed by atoms with E-state index in [9.17, 15) is 4.79 Å². The van der Waals surface area contributed by atoms with E-state index >= 15 is 0 Å². The number of carbonyl (C=O) groups excluding carboxylic acids is 1. The van der Waals surface area contributed by atoms with E-state index in [0.29, 0.717) is 12.5 Å². The summed E-state index contributed by atoms with van der Waals surface area (Å²) in [5.74, 6) is 4.03. The summed E-state index contributed by atoms with van der Waals surface area (Å²) in [7, 11) is -1.25. The zero-order valence-corrected chi connectivity index (χ0v) is 12.5. The monoisotopic (exact) mass is 252 g/mol. The standard InChI is InChI=1S/C14H24O2Si/c1-5-16-14(15)13-8-6-12(7-9-13)10-11-17(2,3)4/h12-13H,5-9H2,1-4H3. The normalized spacial score (nSPS) is 24.7. The summed E-state index contributed by atoms with van der Waals surface area (Å²) in [5, 5.41) is 0. The molecule has 17 heavy (non-hydrogen) atoms. The van der Waals surface area contributed by atoms with E-state index in [0.717, 1.165) is 25.7 Å². The average molecular weight is 252 g/mol. The van der Waals surface area contributed by atoms with E-state index in [1.54, 1.807) is 0 Å². The molecule has 1 aliphatic carbocycles. The van der Waals surface area contributed by atoms with E-state index < -0.39 is 8.07 Å². The molecule has 1 saturated carbocycles. The number of rotatable bonds is 2. The Hall–Kier alpha value is -0.753. The molecular weight excluding hydrogens is 228 g/mol. The second-order valence-electron chi connectivity index (χ2n) is 5.82. The second kappa shape index (κ2) is 6.25. The van der Waals surface area contributed by atoms with Gasteiger partial charge in [-0.15, -0.1) is 11.5 Å². The lowest BCUT2D eigenvalue weighted by atomic mass is 9.82. The third-order valence-corrected chi connectivity index (χ3v) is 3.89. The lowest BCUT2D eigenvalue weighted by Gasteiger charge is -2.24. The first-order chi connectivity index (χ1) is 7.92. The lowest BCUT2D eigenvalue weighted by molar-refractivity contribution is -0.149. The summed E-state index contributed by atoms with van der Waals surface area (Å²) in [6.45, 7) is 9.16. The molecule has 3 heteroatoms. The van der Waals surface area contributed by atoms with Gasteiger partial charge in [-0.25, -0.2) is 0 Å². The molecule has 1 rings (SSSR count). The predicted molar refractivity (Wildman–Crippen MR) is 73.2 cm³/mol. The Morgan fingerprint density at radius 2 is 1.82 bits per heavy atom. The molecule has 0 heterocycles. The number of hydrogen-bond acceptors (Lipinski definition) is 2. The van der Waals surface area contributed by atoms with E-state index in [2.05, 4.69) is 31.1 Å². The van der Waals surface area contributed by atoms with Gasteiger partial charge in [0.05, 0.1) is 12.5 Å². The second-order valence-corrected chi connectivity index (χ2v) is 10.6. The fourth-order valence-corrected chi connectivity index (χ4v) is 2.69. The fourth-order valence-electron chi connectivity index (χ4n) is 2.05. The highest BCUT2D eigenvalue weighted by Crippen LogP contribution is 2.29. The third kappa shape index (κ3) is 5.41. The van der Waals surface area contributed by atoms with Gasteiger partial charge in [0.15, 0.2) is 0 Å².